The lowest BCUT2D eigenvalue weighted by Crippen LogP contribution is -2.31. The second-order valence-electron chi connectivity index (χ2n) is 5.90. The molecule has 1 N–H and O–H groups in total. The quantitative estimate of drug-likeness (QED) is 0.683. The highest BCUT2D eigenvalue weighted by molar-refractivity contribution is 9.10. The molecule has 3 unspecified atom stereocenters. The normalized spacial score (nSPS) is 24.6. The van der Waals surface area contributed by atoms with Crippen molar-refractivity contribution in [2.75, 3.05) is 6.54 Å². The first-order valence-corrected chi connectivity index (χ1v) is 9.01. The molecule has 0 aliphatic heterocycles. The maximum absolute atomic E-state index is 6.21. The zero-order chi connectivity index (χ0) is 14.5. The Morgan fingerprint density at radius 2 is 2.15 bits per heavy atom. The fourth-order valence-electron chi connectivity index (χ4n) is 3.51. The predicted octanol–water partition coefficient (Wildman–Crippen LogP) is 5.97. The first kappa shape index (κ1) is 16.3. The molecule has 1 fully saturated rings. The Hall–Kier alpha value is -0.0500. The highest BCUT2D eigenvalue weighted by atomic mass is 79.9. The van der Waals surface area contributed by atoms with Gasteiger partial charge < -0.3 is 5.32 Å². The van der Waals surface area contributed by atoms with Gasteiger partial charge in [-0.3, -0.25) is 0 Å². The lowest BCUT2D eigenvalue weighted by Gasteiger charge is -2.35. The van der Waals surface area contributed by atoms with Crippen LogP contribution >= 0.6 is 27.5 Å². The van der Waals surface area contributed by atoms with Crippen LogP contribution in [0.25, 0.3) is 0 Å². The monoisotopic (exact) mass is 357 g/mol. The number of rotatable bonds is 5. The summed E-state index contributed by atoms with van der Waals surface area (Å²) in [6, 6.07) is 6.56. The average molecular weight is 359 g/mol. The molecular formula is C17H25BrClN. The third kappa shape index (κ3) is 3.99. The van der Waals surface area contributed by atoms with Gasteiger partial charge in [0.1, 0.15) is 0 Å². The third-order valence-electron chi connectivity index (χ3n) is 4.59. The van der Waals surface area contributed by atoms with Gasteiger partial charge in [-0.15, -0.1) is 0 Å². The molecule has 112 valence electrons. The van der Waals surface area contributed by atoms with Gasteiger partial charge in [0, 0.05) is 15.5 Å². The molecule has 3 heteroatoms. The van der Waals surface area contributed by atoms with Gasteiger partial charge in [-0.05, 0) is 55.0 Å². The van der Waals surface area contributed by atoms with Gasteiger partial charge in [-0.2, -0.15) is 0 Å². The first-order chi connectivity index (χ1) is 9.65. The summed E-state index contributed by atoms with van der Waals surface area (Å²) >= 11 is 9.91. The van der Waals surface area contributed by atoms with Crippen molar-refractivity contribution >= 4 is 27.5 Å². The second kappa shape index (κ2) is 7.82. The number of hydrogen-bond donors (Lipinski definition) is 1. The Balaban J connectivity index is 2.23. The Labute approximate surface area is 136 Å². The fraction of sp³-hybridized carbons (Fsp3) is 0.647. The van der Waals surface area contributed by atoms with Crippen molar-refractivity contribution in [2.45, 2.75) is 52.0 Å². The summed E-state index contributed by atoms with van der Waals surface area (Å²) < 4.78 is 1.17. The maximum Gasteiger partial charge on any atom is 0.0410 e. The van der Waals surface area contributed by atoms with Crippen molar-refractivity contribution in [2.24, 2.45) is 11.8 Å². The van der Waals surface area contributed by atoms with E-state index in [2.05, 4.69) is 47.2 Å². The van der Waals surface area contributed by atoms with E-state index in [9.17, 15) is 0 Å². The lowest BCUT2D eigenvalue weighted by atomic mass is 9.75. The van der Waals surface area contributed by atoms with Crippen LogP contribution in [0.3, 0.4) is 0 Å². The van der Waals surface area contributed by atoms with E-state index in [-0.39, 0.29) is 0 Å². The van der Waals surface area contributed by atoms with Crippen LogP contribution in [0.5, 0.6) is 0 Å². The van der Waals surface area contributed by atoms with E-state index in [1.54, 1.807) is 0 Å². The molecule has 0 saturated heterocycles. The number of halogens is 2. The fourth-order valence-corrected chi connectivity index (χ4v) is 4.18. The smallest absolute Gasteiger partial charge is 0.0410 e. The lowest BCUT2D eigenvalue weighted by molar-refractivity contribution is 0.210. The van der Waals surface area contributed by atoms with Crippen LogP contribution in [0, 0.1) is 11.8 Å². The number of hydrogen-bond acceptors (Lipinski definition) is 1. The van der Waals surface area contributed by atoms with E-state index in [1.165, 1.54) is 42.1 Å². The second-order valence-corrected chi connectivity index (χ2v) is 7.19. The van der Waals surface area contributed by atoms with E-state index in [0.29, 0.717) is 6.04 Å². The van der Waals surface area contributed by atoms with Crippen LogP contribution < -0.4 is 5.32 Å². The minimum Gasteiger partial charge on any atom is -0.310 e. The molecule has 1 aromatic carbocycles. The largest absolute Gasteiger partial charge is 0.310 e. The van der Waals surface area contributed by atoms with Crippen molar-refractivity contribution < 1.29 is 0 Å². The summed E-state index contributed by atoms with van der Waals surface area (Å²) in [4.78, 5) is 0. The van der Waals surface area contributed by atoms with E-state index >= 15 is 0 Å². The predicted molar refractivity (Wildman–Crippen MR) is 91.3 cm³/mol. The van der Waals surface area contributed by atoms with Crippen LogP contribution in [0.1, 0.15) is 57.6 Å². The summed E-state index contributed by atoms with van der Waals surface area (Å²) in [5, 5.41) is 4.52. The van der Waals surface area contributed by atoms with E-state index in [0.717, 1.165) is 23.4 Å². The minimum absolute atomic E-state index is 0.419. The first-order valence-electron chi connectivity index (χ1n) is 7.84. The van der Waals surface area contributed by atoms with E-state index in [1.807, 2.05) is 6.07 Å². The zero-order valence-corrected chi connectivity index (χ0v) is 14.8. The Morgan fingerprint density at radius 1 is 1.35 bits per heavy atom. The summed E-state index contributed by atoms with van der Waals surface area (Å²) in [6.07, 6.45) is 6.75. The average Bonchev–Trinajstić information content (AvgIpc) is 2.47. The van der Waals surface area contributed by atoms with Gasteiger partial charge >= 0.3 is 0 Å². The van der Waals surface area contributed by atoms with Crippen molar-refractivity contribution in [1.29, 1.82) is 0 Å². The van der Waals surface area contributed by atoms with Crippen LogP contribution in [0.15, 0.2) is 22.7 Å². The van der Waals surface area contributed by atoms with Crippen LogP contribution in [-0.2, 0) is 0 Å². The topological polar surface area (TPSA) is 12.0 Å². The Morgan fingerprint density at radius 3 is 2.85 bits per heavy atom. The highest BCUT2D eigenvalue weighted by Crippen LogP contribution is 2.40. The molecule has 1 aliphatic rings. The highest BCUT2D eigenvalue weighted by Gasteiger charge is 2.29. The van der Waals surface area contributed by atoms with Gasteiger partial charge in [0.05, 0.1) is 0 Å². The molecule has 1 nitrogen and oxygen atoms in total. The number of benzene rings is 1. The maximum atomic E-state index is 6.21. The van der Waals surface area contributed by atoms with Crippen molar-refractivity contribution in [1.82, 2.24) is 5.32 Å². The van der Waals surface area contributed by atoms with Gasteiger partial charge in [-0.25, -0.2) is 0 Å². The summed E-state index contributed by atoms with van der Waals surface area (Å²) in [5.74, 6) is 1.62. The molecule has 1 aliphatic carbocycles. The van der Waals surface area contributed by atoms with Crippen molar-refractivity contribution in [3.63, 3.8) is 0 Å². The molecule has 2 rings (SSSR count). The minimum atomic E-state index is 0.419. The Kier molecular flexibility index (Phi) is 6.38. The molecule has 0 heterocycles. The third-order valence-corrected chi connectivity index (χ3v) is 5.55. The van der Waals surface area contributed by atoms with Gasteiger partial charge in [0.15, 0.2) is 0 Å². The summed E-state index contributed by atoms with van der Waals surface area (Å²) in [6.45, 7) is 5.51. The van der Waals surface area contributed by atoms with Crippen molar-refractivity contribution in [3.05, 3.63) is 33.3 Å². The molecular weight excluding hydrogens is 334 g/mol. The summed E-state index contributed by atoms with van der Waals surface area (Å²) in [7, 11) is 0. The van der Waals surface area contributed by atoms with Crippen LogP contribution in [0.2, 0.25) is 5.02 Å². The molecule has 3 atom stereocenters. The molecule has 20 heavy (non-hydrogen) atoms. The number of nitrogens with one attached hydrogen (secondary N) is 1. The molecule has 0 aromatic heterocycles. The van der Waals surface area contributed by atoms with Crippen LogP contribution in [-0.4, -0.2) is 6.54 Å². The molecule has 0 amide bonds. The molecule has 0 spiro atoms. The zero-order valence-electron chi connectivity index (χ0n) is 12.5. The van der Waals surface area contributed by atoms with Crippen molar-refractivity contribution in [3.8, 4) is 0 Å². The molecule has 0 radical (unpaired) electrons. The van der Waals surface area contributed by atoms with Gasteiger partial charge in [0.2, 0.25) is 0 Å². The van der Waals surface area contributed by atoms with Crippen LogP contribution in [0.4, 0.5) is 0 Å². The standard InChI is InChI=1S/C17H25BrClN/c1-3-12-6-5-7-13(10-12)17(20-4-2)15-11-14(19)8-9-16(15)18/h8-9,11-13,17,20H,3-7,10H2,1-2H3. The molecule has 0 bridgehead atoms. The SMILES string of the molecule is CCNC(c1cc(Cl)ccc1Br)C1CCCC(CC)C1. The van der Waals surface area contributed by atoms with E-state index < -0.39 is 0 Å². The van der Waals surface area contributed by atoms with Gasteiger partial charge in [0.25, 0.3) is 0 Å². The molecule has 1 saturated carbocycles. The van der Waals surface area contributed by atoms with E-state index in [4.69, 9.17) is 11.6 Å². The molecule has 1 aromatic rings. The van der Waals surface area contributed by atoms with Gasteiger partial charge in [-0.1, -0.05) is 60.6 Å². The summed E-state index contributed by atoms with van der Waals surface area (Å²) in [5.41, 5.74) is 1.32. The Bertz CT molecular complexity index is 435.